The molecule has 0 saturated carbocycles. The Kier molecular flexibility index (Phi) is 8.26. The van der Waals surface area contributed by atoms with Gasteiger partial charge in [-0.3, -0.25) is 9.10 Å². The lowest BCUT2D eigenvalue weighted by molar-refractivity contribution is -0.131. The Morgan fingerprint density at radius 2 is 1.51 bits per heavy atom. The monoisotopic (exact) mass is 503 g/mol. The highest BCUT2D eigenvalue weighted by atomic mass is 32.2. The smallest absolute Gasteiger partial charge is 0.409 e. The Bertz CT molecular complexity index is 1170. The van der Waals surface area contributed by atoms with Crippen molar-refractivity contribution in [1.29, 1.82) is 0 Å². The van der Waals surface area contributed by atoms with E-state index in [1.807, 2.05) is 19.9 Å². The minimum Gasteiger partial charge on any atom is -0.495 e. The van der Waals surface area contributed by atoms with Crippen molar-refractivity contribution in [3.05, 3.63) is 53.1 Å². The highest BCUT2D eigenvalue weighted by Gasteiger charge is 2.33. The zero-order valence-electron chi connectivity index (χ0n) is 20.9. The van der Waals surface area contributed by atoms with E-state index in [-0.39, 0.29) is 29.7 Å². The van der Waals surface area contributed by atoms with E-state index in [0.717, 1.165) is 21.0 Å². The highest BCUT2D eigenvalue weighted by Crippen LogP contribution is 2.32. The lowest BCUT2D eigenvalue weighted by Gasteiger charge is -2.35. The van der Waals surface area contributed by atoms with Crippen LogP contribution in [0.15, 0.2) is 41.3 Å². The predicted octanol–water partition coefficient (Wildman–Crippen LogP) is 3.12. The van der Waals surface area contributed by atoms with Crippen LogP contribution in [-0.2, 0) is 19.6 Å². The van der Waals surface area contributed by atoms with E-state index in [0.29, 0.717) is 31.9 Å². The molecule has 1 aliphatic rings. The second-order valence-corrected chi connectivity index (χ2v) is 10.4. The van der Waals surface area contributed by atoms with Gasteiger partial charge >= 0.3 is 6.09 Å². The summed E-state index contributed by atoms with van der Waals surface area (Å²) in [7, 11) is -2.73. The van der Waals surface area contributed by atoms with Crippen LogP contribution in [0.1, 0.15) is 23.6 Å². The third-order valence-electron chi connectivity index (χ3n) is 5.82. The van der Waals surface area contributed by atoms with E-state index in [1.54, 1.807) is 54.0 Å². The molecule has 3 rings (SSSR count). The average molecular weight is 504 g/mol. The van der Waals surface area contributed by atoms with Crippen molar-refractivity contribution in [3.8, 4) is 5.75 Å². The molecule has 2 aromatic carbocycles. The van der Waals surface area contributed by atoms with Crippen LogP contribution in [0, 0.1) is 20.8 Å². The molecular formula is C25H33N3O6S. The van der Waals surface area contributed by atoms with Crippen LogP contribution in [0.4, 0.5) is 10.5 Å². The van der Waals surface area contributed by atoms with Crippen molar-refractivity contribution >= 4 is 27.7 Å². The second kappa shape index (κ2) is 11.0. The van der Waals surface area contributed by atoms with E-state index in [4.69, 9.17) is 9.47 Å². The first-order valence-electron chi connectivity index (χ1n) is 11.5. The van der Waals surface area contributed by atoms with E-state index in [2.05, 4.69) is 0 Å². The van der Waals surface area contributed by atoms with E-state index in [1.165, 1.54) is 7.11 Å². The summed E-state index contributed by atoms with van der Waals surface area (Å²) in [6.07, 6.45) is -0.411. The number of amides is 2. The van der Waals surface area contributed by atoms with Gasteiger partial charge in [-0.05, 0) is 68.7 Å². The van der Waals surface area contributed by atoms with Gasteiger partial charge < -0.3 is 19.3 Å². The van der Waals surface area contributed by atoms with E-state index in [9.17, 15) is 18.0 Å². The van der Waals surface area contributed by atoms with Gasteiger partial charge in [0.1, 0.15) is 17.2 Å². The van der Waals surface area contributed by atoms with Crippen LogP contribution in [0.25, 0.3) is 0 Å². The number of carbonyl (C=O) groups excluding carboxylic acids is 2. The molecule has 0 unspecified atom stereocenters. The molecule has 0 atom stereocenters. The summed E-state index contributed by atoms with van der Waals surface area (Å²) in [4.78, 5) is 28.4. The van der Waals surface area contributed by atoms with Crippen molar-refractivity contribution in [2.24, 2.45) is 0 Å². The zero-order chi connectivity index (χ0) is 25.8. The number of hydrogen-bond acceptors (Lipinski definition) is 6. The lowest BCUT2D eigenvalue weighted by Crippen LogP contribution is -2.53. The predicted molar refractivity (Wildman–Crippen MR) is 133 cm³/mol. The maximum Gasteiger partial charge on any atom is 0.409 e. The highest BCUT2D eigenvalue weighted by molar-refractivity contribution is 7.93. The quantitative estimate of drug-likeness (QED) is 0.576. The van der Waals surface area contributed by atoms with E-state index < -0.39 is 16.1 Å². The number of aryl methyl sites for hydroxylation is 3. The fourth-order valence-electron chi connectivity index (χ4n) is 4.09. The SMILES string of the molecule is CCOC(=O)N1CCN(C(=O)CN(c2cc(C)cc(C)c2)S(=O)(=O)c2cc(C)ccc2OC)CC1. The van der Waals surface area contributed by atoms with Crippen molar-refractivity contribution in [2.45, 2.75) is 32.6 Å². The number of benzene rings is 2. The van der Waals surface area contributed by atoms with Gasteiger partial charge in [-0.2, -0.15) is 0 Å². The van der Waals surface area contributed by atoms with Gasteiger partial charge in [-0.25, -0.2) is 13.2 Å². The fourth-order valence-corrected chi connectivity index (χ4v) is 5.73. The molecule has 1 saturated heterocycles. The number of carbonyl (C=O) groups is 2. The Balaban J connectivity index is 1.93. The largest absolute Gasteiger partial charge is 0.495 e. The van der Waals surface area contributed by atoms with Gasteiger partial charge in [0.05, 0.1) is 19.4 Å². The fraction of sp³-hybridized carbons (Fsp3) is 0.440. The summed E-state index contributed by atoms with van der Waals surface area (Å²) in [5.41, 5.74) is 2.93. The standard InChI is InChI=1S/C25H33N3O6S/c1-6-34-25(30)27-11-9-26(10-12-27)24(29)17-28(21-14-19(3)13-20(4)15-21)35(31,32)23-16-18(2)7-8-22(23)33-5/h7-8,13-16H,6,9-12,17H2,1-5H3. The number of piperazine rings is 1. The normalized spacial score (nSPS) is 14.0. The molecular weight excluding hydrogens is 470 g/mol. The minimum atomic E-state index is -4.14. The average Bonchev–Trinajstić information content (AvgIpc) is 2.81. The molecule has 190 valence electrons. The molecule has 0 N–H and O–H groups in total. The Morgan fingerprint density at radius 3 is 2.09 bits per heavy atom. The number of ether oxygens (including phenoxy) is 2. The number of hydrogen-bond donors (Lipinski definition) is 0. The van der Waals surface area contributed by atoms with Gasteiger partial charge in [0.25, 0.3) is 10.0 Å². The molecule has 0 aliphatic carbocycles. The summed E-state index contributed by atoms with van der Waals surface area (Å²) in [6.45, 7) is 8.45. The van der Waals surface area contributed by atoms with Crippen LogP contribution >= 0.6 is 0 Å². The molecule has 10 heteroatoms. The first-order valence-corrected chi connectivity index (χ1v) is 13.0. The molecule has 0 radical (unpaired) electrons. The first kappa shape index (κ1) is 26.3. The second-order valence-electron chi connectivity index (χ2n) is 8.58. The van der Waals surface area contributed by atoms with Crippen LogP contribution in [-0.4, -0.2) is 76.7 Å². The summed E-state index contributed by atoms with van der Waals surface area (Å²) in [5.74, 6) is -0.136. The van der Waals surface area contributed by atoms with Gasteiger partial charge in [-0.15, -0.1) is 0 Å². The first-order chi connectivity index (χ1) is 16.6. The van der Waals surface area contributed by atoms with Crippen molar-refractivity contribution < 1.29 is 27.5 Å². The molecule has 0 bridgehead atoms. The maximum absolute atomic E-state index is 13.9. The number of nitrogens with zero attached hydrogens (tertiary/aromatic N) is 3. The van der Waals surface area contributed by atoms with E-state index >= 15 is 0 Å². The maximum atomic E-state index is 13.9. The summed E-state index contributed by atoms with van der Waals surface area (Å²) in [5, 5.41) is 0. The molecule has 1 heterocycles. The van der Waals surface area contributed by atoms with Gasteiger partial charge in [0, 0.05) is 26.2 Å². The Labute approximate surface area is 207 Å². The topological polar surface area (TPSA) is 96.5 Å². The molecule has 1 aliphatic heterocycles. The number of rotatable bonds is 7. The third kappa shape index (κ3) is 6.05. The van der Waals surface area contributed by atoms with Gasteiger partial charge in [0.15, 0.2) is 0 Å². The third-order valence-corrected chi connectivity index (χ3v) is 7.61. The van der Waals surface area contributed by atoms with Crippen LogP contribution in [0.5, 0.6) is 5.75 Å². The van der Waals surface area contributed by atoms with Crippen molar-refractivity contribution in [1.82, 2.24) is 9.80 Å². The van der Waals surface area contributed by atoms with Crippen molar-refractivity contribution in [3.63, 3.8) is 0 Å². The zero-order valence-corrected chi connectivity index (χ0v) is 21.7. The van der Waals surface area contributed by atoms with Crippen LogP contribution < -0.4 is 9.04 Å². The summed E-state index contributed by atoms with van der Waals surface area (Å²) >= 11 is 0. The summed E-state index contributed by atoms with van der Waals surface area (Å²) < 4.78 is 39.4. The minimum absolute atomic E-state index is 0.000843. The molecule has 1 fully saturated rings. The molecule has 9 nitrogen and oxygen atoms in total. The molecule has 35 heavy (non-hydrogen) atoms. The van der Waals surface area contributed by atoms with Gasteiger partial charge in [-0.1, -0.05) is 12.1 Å². The Morgan fingerprint density at radius 1 is 0.914 bits per heavy atom. The molecule has 2 aromatic rings. The molecule has 0 spiro atoms. The number of methoxy groups -OCH3 is 1. The summed E-state index contributed by atoms with van der Waals surface area (Å²) in [6, 6.07) is 10.4. The number of sulfonamides is 1. The van der Waals surface area contributed by atoms with Crippen LogP contribution in [0.3, 0.4) is 0 Å². The van der Waals surface area contributed by atoms with Crippen LogP contribution in [0.2, 0.25) is 0 Å². The molecule has 0 aromatic heterocycles. The number of anilines is 1. The van der Waals surface area contributed by atoms with Crippen molar-refractivity contribution in [2.75, 3.05) is 50.7 Å². The lowest BCUT2D eigenvalue weighted by atomic mass is 10.1. The Hall–Kier alpha value is -3.27. The van der Waals surface area contributed by atoms with Gasteiger partial charge in [0.2, 0.25) is 5.91 Å². The molecule has 2 amide bonds.